The van der Waals surface area contributed by atoms with Crippen molar-refractivity contribution < 1.29 is 19.0 Å². The zero-order valence-corrected chi connectivity index (χ0v) is 9.86. The Bertz CT molecular complexity index is 484. The molecule has 0 aliphatic carbocycles. The normalized spacial score (nSPS) is 33.8. The van der Waals surface area contributed by atoms with Crippen LogP contribution in [0.2, 0.25) is 0 Å². The Morgan fingerprint density at radius 1 is 1.41 bits per heavy atom. The molecule has 4 nitrogen and oxygen atoms in total. The molecule has 2 atom stereocenters. The van der Waals surface area contributed by atoms with Crippen LogP contribution in [0.1, 0.15) is 18.9 Å². The quantitative estimate of drug-likeness (QED) is 0.547. The minimum Gasteiger partial charge on any atom is -0.493 e. The summed E-state index contributed by atoms with van der Waals surface area (Å²) in [6.07, 6.45) is 0.676. The van der Waals surface area contributed by atoms with Crippen LogP contribution in [-0.2, 0) is 19.9 Å². The van der Waals surface area contributed by atoms with Crippen molar-refractivity contribution in [3.05, 3.63) is 29.8 Å². The molecule has 1 spiro atoms. The van der Waals surface area contributed by atoms with E-state index in [0.717, 1.165) is 11.3 Å². The molecule has 2 heterocycles. The van der Waals surface area contributed by atoms with Crippen molar-refractivity contribution in [2.24, 2.45) is 0 Å². The third-order valence-electron chi connectivity index (χ3n) is 3.72. The molecule has 1 saturated heterocycles. The number of esters is 1. The van der Waals surface area contributed by atoms with Gasteiger partial charge in [0.05, 0.1) is 13.7 Å². The fourth-order valence-electron chi connectivity index (χ4n) is 2.69. The first-order chi connectivity index (χ1) is 8.14. The van der Waals surface area contributed by atoms with Gasteiger partial charge in [-0.15, -0.1) is 0 Å². The van der Waals surface area contributed by atoms with Crippen LogP contribution in [-0.4, -0.2) is 25.3 Å². The molecule has 0 bridgehead atoms. The van der Waals surface area contributed by atoms with Gasteiger partial charge in [0.2, 0.25) is 0 Å². The fraction of sp³-hybridized carbons (Fsp3) is 0.462. The number of carbonyl (C=O) groups is 1. The molecule has 0 aromatic heterocycles. The van der Waals surface area contributed by atoms with E-state index in [4.69, 9.17) is 14.2 Å². The number of para-hydroxylation sites is 1. The Labute approximate surface area is 99.5 Å². The fourth-order valence-corrected chi connectivity index (χ4v) is 2.69. The molecule has 1 fully saturated rings. The number of benzene rings is 1. The van der Waals surface area contributed by atoms with Crippen LogP contribution in [0, 0.1) is 0 Å². The Balaban J connectivity index is 2.06. The second kappa shape index (κ2) is 3.23. The molecule has 0 amide bonds. The van der Waals surface area contributed by atoms with Crippen molar-refractivity contribution in [1.82, 2.24) is 0 Å². The first-order valence-corrected chi connectivity index (χ1v) is 5.65. The number of hydrogen-bond acceptors (Lipinski definition) is 4. The van der Waals surface area contributed by atoms with Crippen LogP contribution >= 0.6 is 0 Å². The van der Waals surface area contributed by atoms with Gasteiger partial charge in [-0.3, -0.25) is 0 Å². The van der Waals surface area contributed by atoms with Gasteiger partial charge in [-0.2, -0.15) is 0 Å². The molecule has 0 saturated carbocycles. The molecule has 90 valence electrons. The summed E-state index contributed by atoms with van der Waals surface area (Å²) in [5, 5.41) is 0. The average molecular weight is 234 g/mol. The van der Waals surface area contributed by atoms with Gasteiger partial charge in [0.15, 0.2) is 5.60 Å². The van der Waals surface area contributed by atoms with Crippen molar-refractivity contribution in [1.29, 1.82) is 0 Å². The van der Waals surface area contributed by atoms with E-state index in [2.05, 4.69) is 0 Å². The summed E-state index contributed by atoms with van der Waals surface area (Å²) in [4.78, 5) is 11.8. The maximum Gasteiger partial charge on any atom is 0.341 e. The number of fused-ring (bicyclic) bond motifs is 2. The van der Waals surface area contributed by atoms with Crippen LogP contribution in [0.4, 0.5) is 0 Å². The first-order valence-electron chi connectivity index (χ1n) is 5.65. The molecule has 0 N–H and O–H groups in total. The predicted molar refractivity (Wildman–Crippen MR) is 59.7 cm³/mol. The smallest absolute Gasteiger partial charge is 0.341 e. The number of ether oxygens (including phenoxy) is 3. The molecular weight excluding hydrogens is 220 g/mol. The molecule has 0 radical (unpaired) electrons. The summed E-state index contributed by atoms with van der Waals surface area (Å²) >= 11 is 0. The minimum absolute atomic E-state index is 0.325. The van der Waals surface area contributed by atoms with Crippen molar-refractivity contribution in [2.75, 3.05) is 13.7 Å². The number of hydrogen-bond donors (Lipinski definition) is 0. The number of rotatable bonds is 1. The molecule has 3 rings (SSSR count). The van der Waals surface area contributed by atoms with E-state index in [9.17, 15) is 4.79 Å². The summed E-state index contributed by atoms with van der Waals surface area (Å²) in [5.74, 6) is 0.473. The molecular formula is C13H14O4. The highest BCUT2D eigenvalue weighted by atomic mass is 16.7. The number of methoxy groups -OCH3 is 1. The standard InChI is InChI=1S/C13H14O4/c1-12(11(14)15-2)13(17-12)7-8-16-10-6-4-3-5-9(10)13/h3-6H,7-8H2,1-2H3. The van der Waals surface area contributed by atoms with E-state index < -0.39 is 11.2 Å². The van der Waals surface area contributed by atoms with Crippen molar-refractivity contribution in [3.8, 4) is 5.75 Å². The lowest BCUT2D eigenvalue weighted by Gasteiger charge is -2.24. The lowest BCUT2D eigenvalue weighted by atomic mass is 9.83. The molecule has 1 aromatic rings. The van der Waals surface area contributed by atoms with Gasteiger partial charge < -0.3 is 14.2 Å². The molecule has 2 unspecified atom stereocenters. The SMILES string of the molecule is COC(=O)C1(C)OC12CCOc1ccccc12. The Kier molecular flexibility index (Phi) is 2.01. The van der Waals surface area contributed by atoms with Crippen LogP contribution in [0.5, 0.6) is 5.75 Å². The number of epoxide rings is 1. The van der Waals surface area contributed by atoms with E-state index in [1.54, 1.807) is 6.92 Å². The molecule has 1 aromatic carbocycles. The number of carbonyl (C=O) groups excluding carboxylic acids is 1. The van der Waals surface area contributed by atoms with Crippen LogP contribution in [0.25, 0.3) is 0 Å². The maximum absolute atomic E-state index is 11.8. The van der Waals surface area contributed by atoms with E-state index in [-0.39, 0.29) is 5.97 Å². The van der Waals surface area contributed by atoms with Gasteiger partial charge in [0.1, 0.15) is 11.4 Å². The van der Waals surface area contributed by atoms with Gasteiger partial charge >= 0.3 is 5.97 Å². The van der Waals surface area contributed by atoms with Crippen molar-refractivity contribution in [3.63, 3.8) is 0 Å². The summed E-state index contributed by atoms with van der Waals surface area (Å²) in [6.45, 7) is 2.34. The summed E-state index contributed by atoms with van der Waals surface area (Å²) < 4.78 is 16.1. The second-order valence-corrected chi connectivity index (χ2v) is 4.55. The molecule has 17 heavy (non-hydrogen) atoms. The lowest BCUT2D eigenvalue weighted by molar-refractivity contribution is -0.146. The summed E-state index contributed by atoms with van der Waals surface area (Å²) in [7, 11) is 1.38. The third-order valence-corrected chi connectivity index (χ3v) is 3.72. The van der Waals surface area contributed by atoms with Gasteiger partial charge in [-0.05, 0) is 13.0 Å². The van der Waals surface area contributed by atoms with Gasteiger partial charge in [0.25, 0.3) is 0 Å². The highest BCUT2D eigenvalue weighted by molar-refractivity contribution is 5.85. The summed E-state index contributed by atoms with van der Waals surface area (Å²) in [6, 6.07) is 7.68. The van der Waals surface area contributed by atoms with E-state index >= 15 is 0 Å². The van der Waals surface area contributed by atoms with Crippen LogP contribution in [0.15, 0.2) is 24.3 Å². The predicted octanol–water partition coefficient (Wildman–Crippen LogP) is 1.63. The highest BCUT2D eigenvalue weighted by Crippen LogP contribution is 2.61. The first kappa shape index (κ1) is 10.6. The van der Waals surface area contributed by atoms with Crippen molar-refractivity contribution >= 4 is 5.97 Å². The Hall–Kier alpha value is -1.55. The van der Waals surface area contributed by atoms with Crippen LogP contribution in [0.3, 0.4) is 0 Å². The minimum atomic E-state index is -0.873. The van der Waals surface area contributed by atoms with Gasteiger partial charge in [-0.1, -0.05) is 18.2 Å². The second-order valence-electron chi connectivity index (χ2n) is 4.55. The molecule has 2 aliphatic heterocycles. The van der Waals surface area contributed by atoms with Crippen molar-refractivity contribution in [2.45, 2.75) is 24.5 Å². The monoisotopic (exact) mass is 234 g/mol. The zero-order chi connectivity index (χ0) is 12.1. The van der Waals surface area contributed by atoms with E-state index in [0.29, 0.717) is 13.0 Å². The van der Waals surface area contributed by atoms with Gasteiger partial charge in [-0.25, -0.2) is 4.79 Å². The largest absolute Gasteiger partial charge is 0.493 e. The molecule has 4 heteroatoms. The van der Waals surface area contributed by atoms with Crippen LogP contribution < -0.4 is 4.74 Å². The third kappa shape index (κ3) is 1.19. The summed E-state index contributed by atoms with van der Waals surface area (Å²) in [5.41, 5.74) is -0.490. The Morgan fingerprint density at radius 3 is 2.94 bits per heavy atom. The van der Waals surface area contributed by atoms with E-state index in [1.807, 2.05) is 24.3 Å². The topological polar surface area (TPSA) is 48.1 Å². The van der Waals surface area contributed by atoms with E-state index in [1.165, 1.54) is 7.11 Å². The average Bonchev–Trinajstić information content (AvgIpc) is 2.96. The lowest BCUT2D eigenvalue weighted by Crippen LogP contribution is -2.34. The molecule has 2 aliphatic rings. The highest BCUT2D eigenvalue weighted by Gasteiger charge is 2.74. The maximum atomic E-state index is 11.8. The zero-order valence-electron chi connectivity index (χ0n) is 9.86. The van der Waals surface area contributed by atoms with Gasteiger partial charge in [0, 0.05) is 12.0 Å². The Morgan fingerprint density at radius 2 is 2.18 bits per heavy atom.